The second-order valence-corrected chi connectivity index (χ2v) is 7.42. The standard InChI is InChI=1S/C22H23N3O2/c1-14(2)16-8-10-17(11-9-16)21-23-22(27-24-21)18-12-20(26)25(13-18)19-7-5-4-6-15(19)3/h4-11,14,18H,12-13H2,1-3H3. The molecule has 5 heteroatoms. The Hall–Kier alpha value is -2.95. The highest BCUT2D eigenvalue weighted by atomic mass is 16.5. The topological polar surface area (TPSA) is 59.2 Å². The maximum absolute atomic E-state index is 12.5. The Morgan fingerprint density at radius 3 is 2.56 bits per heavy atom. The number of nitrogens with zero attached hydrogens (tertiary/aromatic N) is 3. The van der Waals surface area contributed by atoms with Crippen LogP contribution in [0.2, 0.25) is 0 Å². The minimum Gasteiger partial charge on any atom is -0.339 e. The molecule has 0 aliphatic carbocycles. The molecular formula is C22H23N3O2. The van der Waals surface area contributed by atoms with Crippen LogP contribution < -0.4 is 4.90 Å². The van der Waals surface area contributed by atoms with Crippen molar-refractivity contribution >= 4 is 11.6 Å². The second-order valence-electron chi connectivity index (χ2n) is 7.42. The molecule has 0 spiro atoms. The molecule has 138 valence electrons. The van der Waals surface area contributed by atoms with Crippen molar-refractivity contribution in [2.45, 2.75) is 39.0 Å². The summed E-state index contributed by atoms with van der Waals surface area (Å²) in [6.07, 6.45) is 0.391. The van der Waals surface area contributed by atoms with Gasteiger partial charge in [-0.2, -0.15) is 4.98 Å². The fourth-order valence-electron chi connectivity index (χ4n) is 3.51. The third kappa shape index (κ3) is 3.37. The van der Waals surface area contributed by atoms with Crippen molar-refractivity contribution in [3.8, 4) is 11.4 Å². The van der Waals surface area contributed by atoms with E-state index in [4.69, 9.17) is 4.52 Å². The predicted molar refractivity (Wildman–Crippen MR) is 105 cm³/mol. The van der Waals surface area contributed by atoms with Gasteiger partial charge in [0, 0.05) is 24.2 Å². The molecular weight excluding hydrogens is 338 g/mol. The minimum absolute atomic E-state index is 0.0757. The van der Waals surface area contributed by atoms with Gasteiger partial charge in [-0.1, -0.05) is 61.5 Å². The molecule has 1 aliphatic heterocycles. The highest BCUT2D eigenvalue weighted by Crippen LogP contribution is 2.33. The lowest BCUT2D eigenvalue weighted by molar-refractivity contribution is -0.117. The van der Waals surface area contributed by atoms with E-state index in [1.165, 1.54) is 5.56 Å². The summed E-state index contributed by atoms with van der Waals surface area (Å²) < 4.78 is 5.50. The van der Waals surface area contributed by atoms with E-state index in [0.29, 0.717) is 30.6 Å². The van der Waals surface area contributed by atoms with Crippen molar-refractivity contribution in [1.29, 1.82) is 0 Å². The largest absolute Gasteiger partial charge is 0.339 e. The van der Waals surface area contributed by atoms with E-state index in [1.54, 1.807) is 0 Å². The van der Waals surface area contributed by atoms with E-state index in [1.807, 2.05) is 48.2 Å². The number of carbonyl (C=O) groups excluding carboxylic acids is 1. The van der Waals surface area contributed by atoms with Crippen LogP contribution in [0.25, 0.3) is 11.4 Å². The van der Waals surface area contributed by atoms with E-state index in [0.717, 1.165) is 16.8 Å². The predicted octanol–water partition coefficient (Wildman–Crippen LogP) is 4.69. The third-order valence-electron chi connectivity index (χ3n) is 5.16. The number of carbonyl (C=O) groups is 1. The minimum atomic E-state index is -0.0757. The summed E-state index contributed by atoms with van der Waals surface area (Å²) in [6.45, 7) is 6.91. The zero-order chi connectivity index (χ0) is 19.0. The Morgan fingerprint density at radius 1 is 1.11 bits per heavy atom. The average Bonchev–Trinajstić information content (AvgIpc) is 3.29. The lowest BCUT2D eigenvalue weighted by Gasteiger charge is -2.18. The fourth-order valence-corrected chi connectivity index (χ4v) is 3.51. The molecule has 1 aromatic heterocycles. The molecule has 4 rings (SSSR count). The molecule has 2 aromatic carbocycles. The number of hydrogen-bond donors (Lipinski definition) is 0. The first kappa shape index (κ1) is 17.5. The van der Waals surface area contributed by atoms with Crippen molar-refractivity contribution in [2.24, 2.45) is 0 Å². The van der Waals surface area contributed by atoms with Crippen LogP contribution in [0.3, 0.4) is 0 Å². The van der Waals surface area contributed by atoms with Gasteiger partial charge in [0.05, 0.1) is 5.92 Å². The zero-order valence-electron chi connectivity index (χ0n) is 15.8. The average molecular weight is 361 g/mol. The third-order valence-corrected chi connectivity index (χ3v) is 5.16. The van der Waals surface area contributed by atoms with Gasteiger partial charge in [-0.15, -0.1) is 0 Å². The molecule has 1 atom stereocenters. The monoisotopic (exact) mass is 361 g/mol. The van der Waals surface area contributed by atoms with Crippen LogP contribution in [-0.2, 0) is 4.79 Å². The lowest BCUT2D eigenvalue weighted by atomic mass is 10.0. The number of aromatic nitrogens is 2. The highest BCUT2D eigenvalue weighted by molar-refractivity contribution is 5.97. The van der Waals surface area contributed by atoms with Crippen LogP contribution in [0.15, 0.2) is 53.1 Å². The molecule has 27 heavy (non-hydrogen) atoms. The summed E-state index contributed by atoms with van der Waals surface area (Å²) in [4.78, 5) is 18.9. The molecule has 0 N–H and O–H groups in total. The Kier molecular flexibility index (Phi) is 4.52. The van der Waals surface area contributed by atoms with Gasteiger partial charge in [-0.25, -0.2) is 0 Å². The molecule has 1 fully saturated rings. The molecule has 1 unspecified atom stereocenters. The SMILES string of the molecule is Cc1ccccc1N1CC(c2nc(-c3ccc(C(C)C)cc3)no2)CC1=O. The van der Waals surface area contributed by atoms with Gasteiger partial charge in [-0.05, 0) is 30.0 Å². The summed E-state index contributed by atoms with van der Waals surface area (Å²) in [7, 11) is 0. The Balaban J connectivity index is 1.54. The highest BCUT2D eigenvalue weighted by Gasteiger charge is 2.35. The lowest BCUT2D eigenvalue weighted by Crippen LogP contribution is -2.25. The number of para-hydroxylation sites is 1. The fraction of sp³-hybridized carbons (Fsp3) is 0.318. The Bertz CT molecular complexity index is 960. The van der Waals surface area contributed by atoms with Crippen LogP contribution in [0, 0.1) is 6.92 Å². The molecule has 5 nitrogen and oxygen atoms in total. The van der Waals surface area contributed by atoms with Gasteiger partial charge in [0.15, 0.2) is 0 Å². The van der Waals surface area contributed by atoms with Gasteiger partial charge in [0.1, 0.15) is 0 Å². The van der Waals surface area contributed by atoms with E-state index in [9.17, 15) is 4.79 Å². The molecule has 0 saturated carbocycles. The van der Waals surface area contributed by atoms with Gasteiger partial charge in [0.25, 0.3) is 0 Å². The van der Waals surface area contributed by atoms with E-state index in [-0.39, 0.29) is 11.8 Å². The van der Waals surface area contributed by atoms with Gasteiger partial charge >= 0.3 is 0 Å². The van der Waals surface area contributed by atoms with Crippen LogP contribution >= 0.6 is 0 Å². The van der Waals surface area contributed by atoms with Gasteiger partial charge in [-0.3, -0.25) is 4.79 Å². The van der Waals surface area contributed by atoms with Crippen molar-refractivity contribution < 1.29 is 9.32 Å². The first-order valence-electron chi connectivity index (χ1n) is 9.33. The van der Waals surface area contributed by atoms with Gasteiger partial charge in [0.2, 0.25) is 17.6 Å². The molecule has 1 aliphatic rings. The van der Waals surface area contributed by atoms with Crippen molar-refractivity contribution in [3.63, 3.8) is 0 Å². The van der Waals surface area contributed by atoms with Crippen molar-refractivity contribution in [2.75, 3.05) is 11.4 Å². The van der Waals surface area contributed by atoms with Crippen molar-refractivity contribution in [3.05, 3.63) is 65.5 Å². The van der Waals surface area contributed by atoms with Crippen LogP contribution in [-0.4, -0.2) is 22.6 Å². The number of anilines is 1. The molecule has 1 amide bonds. The number of aryl methyl sites for hydroxylation is 1. The maximum Gasteiger partial charge on any atom is 0.232 e. The summed E-state index contributed by atoms with van der Waals surface area (Å²) >= 11 is 0. The van der Waals surface area contributed by atoms with Crippen LogP contribution in [0.5, 0.6) is 0 Å². The number of rotatable bonds is 4. The maximum atomic E-state index is 12.5. The quantitative estimate of drug-likeness (QED) is 0.676. The molecule has 3 aromatic rings. The number of benzene rings is 2. The zero-order valence-corrected chi connectivity index (χ0v) is 15.8. The Labute approximate surface area is 159 Å². The smallest absolute Gasteiger partial charge is 0.232 e. The van der Waals surface area contributed by atoms with E-state index < -0.39 is 0 Å². The molecule has 0 radical (unpaired) electrons. The number of hydrogen-bond acceptors (Lipinski definition) is 4. The second kappa shape index (κ2) is 6.99. The van der Waals surface area contributed by atoms with Crippen LogP contribution in [0.1, 0.15) is 49.1 Å². The normalized spacial score (nSPS) is 17.1. The van der Waals surface area contributed by atoms with Crippen molar-refractivity contribution in [1.82, 2.24) is 10.1 Å². The van der Waals surface area contributed by atoms with E-state index >= 15 is 0 Å². The summed E-state index contributed by atoms with van der Waals surface area (Å²) in [6, 6.07) is 16.1. The molecule has 0 bridgehead atoms. The Morgan fingerprint density at radius 2 is 1.85 bits per heavy atom. The van der Waals surface area contributed by atoms with Gasteiger partial charge < -0.3 is 9.42 Å². The van der Waals surface area contributed by atoms with E-state index in [2.05, 4.69) is 36.1 Å². The summed E-state index contributed by atoms with van der Waals surface area (Å²) in [5, 5.41) is 4.13. The first-order chi connectivity index (χ1) is 13.0. The van der Waals surface area contributed by atoms with Crippen LogP contribution in [0.4, 0.5) is 5.69 Å². The number of amides is 1. The summed E-state index contributed by atoms with van der Waals surface area (Å²) in [5.41, 5.74) is 4.24. The molecule has 1 saturated heterocycles. The summed E-state index contributed by atoms with van der Waals surface area (Å²) in [5.74, 6) is 1.60. The first-order valence-corrected chi connectivity index (χ1v) is 9.33. The molecule has 2 heterocycles.